The third-order valence-corrected chi connectivity index (χ3v) is 6.53. The number of hydrogen-bond donors (Lipinski definition) is 1. The van der Waals surface area contributed by atoms with Crippen LogP contribution in [0.5, 0.6) is 5.75 Å². The largest absolute Gasteiger partial charge is 0.494 e. The molecule has 0 saturated heterocycles. The molecule has 2 aromatic heterocycles. The molecule has 2 heterocycles. The fourth-order valence-electron chi connectivity index (χ4n) is 2.92. The molecule has 29 heavy (non-hydrogen) atoms. The maximum Gasteiger partial charge on any atom is 0.230 e. The van der Waals surface area contributed by atoms with E-state index in [1.54, 1.807) is 6.07 Å². The van der Waals surface area contributed by atoms with Crippen LogP contribution >= 0.6 is 23.1 Å². The number of carbonyl (C=O) groups is 1. The number of nitrogens with one attached hydrogen (secondary N) is 1. The summed E-state index contributed by atoms with van der Waals surface area (Å²) < 4.78 is 21.2. The van der Waals surface area contributed by atoms with Crippen molar-refractivity contribution < 1.29 is 13.9 Å². The lowest BCUT2D eigenvalue weighted by Crippen LogP contribution is -2.24. The number of amides is 1. The van der Waals surface area contributed by atoms with E-state index in [0.717, 1.165) is 20.7 Å². The molecule has 8 heteroatoms. The van der Waals surface area contributed by atoms with E-state index in [1.165, 1.54) is 35.5 Å². The molecule has 0 radical (unpaired) electrons. The fraction of sp³-hybridized carbons (Fsp3) is 0.190. The molecule has 4 rings (SSSR count). The highest BCUT2D eigenvalue weighted by Gasteiger charge is 2.15. The first kappa shape index (κ1) is 19.6. The van der Waals surface area contributed by atoms with Crippen LogP contribution in [0.2, 0.25) is 0 Å². The minimum absolute atomic E-state index is 0.0945. The molecular formula is C21H18FN3O2S2. The summed E-state index contributed by atoms with van der Waals surface area (Å²) in [6.45, 7) is 3.00. The smallest absolute Gasteiger partial charge is 0.230 e. The van der Waals surface area contributed by atoms with Gasteiger partial charge >= 0.3 is 0 Å². The zero-order chi connectivity index (χ0) is 20.2. The lowest BCUT2D eigenvalue weighted by molar-refractivity contribution is -0.118. The average Bonchev–Trinajstić information content (AvgIpc) is 3.12. The van der Waals surface area contributed by atoms with Gasteiger partial charge in [0.25, 0.3) is 0 Å². The number of thiophene rings is 1. The Labute approximate surface area is 175 Å². The Morgan fingerprint density at radius 2 is 2.03 bits per heavy atom. The molecule has 0 fully saturated rings. The van der Waals surface area contributed by atoms with Crippen LogP contribution in [-0.2, 0) is 11.3 Å². The second kappa shape index (κ2) is 8.75. The van der Waals surface area contributed by atoms with E-state index in [2.05, 4.69) is 15.3 Å². The summed E-state index contributed by atoms with van der Waals surface area (Å²) in [6, 6.07) is 12.6. The minimum atomic E-state index is -0.295. The van der Waals surface area contributed by atoms with Crippen LogP contribution in [0.15, 0.2) is 53.8 Å². The van der Waals surface area contributed by atoms with Gasteiger partial charge in [-0.25, -0.2) is 14.4 Å². The number of benzene rings is 2. The minimum Gasteiger partial charge on any atom is -0.494 e. The Morgan fingerprint density at radius 1 is 1.21 bits per heavy atom. The van der Waals surface area contributed by atoms with Gasteiger partial charge in [-0.2, -0.15) is 0 Å². The van der Waals surface area contributed by atoms with E-state index >= 15 is 0 Å². The Balaban J connectivity index is 1.41. The Kier molecular flexibility index (Phi) is 5.92. The molecule has 0 bridgehead atoms. The van der Waals surface area contributed by atoms with Crippen molar-refractivity contribution in [2.24, 2.45) is 0 Å². The van der Waals surface area contributed by atoms with E-state index < -0.39 is 0 Å². The normalized spacial score (nSPS) is 11.1. The van der Waals surface area contributed by atoms with Gasteiger partial charge in [0.05, 0.1) is 28.0 Å². The van der Waals surface area contributed by atoms with Crippen LogP contribution in [0.4, 0.5) is 4.39 Å². The van der Waals surface area contributed by atoms with Gasteiger partial charge in [-0.15, -0.1) is 11.3 Å². The number of thioether (sulfide) groups is 1. The Bertz CT molecular complexity index is 1160. The van der Waals surface area contributed by atoms with E-state index in [1.807, 2.05) is 37.3 Å². The molecule has 2 aromatic carbocycles. The van der Waals surface area contributed by atoms with Gasteiger partial charge in [-0.3, -0.25) is 4.79 Å². The van der Waals surface area contributed by atoms with Crippen molar-refractivity contribution in [3.63, 3.8) is 0 Å². The monoisotopic (exact) mass is 427 g/mol. The van der Waals surface area contributed by atoms with Crippen molar-refractivity contribution in [2.75, 3.05) is 12.4 Å². The molecule has 1 amide bonds. The first-order chi connectivity index (χ1) is 14.2. The molecule has 5 nitrogen and oxygen atoms in total. The number of aromatic nitrogens is 2. The molecule has 1 N–H and O–H groups in total. The SMILES string of the molecule is CCOc1ccc(CNC(=O)CSc2ncnc3c2sc2cccc(F)c23)cc1. The molecule has 0 atom stereocenters. The van der Waals surface area contributed by atoms with Crippen LogP contribution in [-0.4, -0.2) is 28.2 Å². The number of carbonyl (C=O) groups excluding carboxylic acids is 1. The highest BCUT2D eigenvalue weighted by Crippen LogP contribution is 2.38. The van der Waals surface area contributed by atoms with Gasteiger partial charge in [0.1, 0.15) is 22.9 Å². The molecule has 148 valence electrons. The van der Waals surface area contributed by atoms with Gasteiger partial charge < -0.3 is 10.1 Å². The first-order valence-electron chi connectivity index (χ1n) is 9.08. The average molecular weight is 428 g/mol. The van der Waals surface area contributed by atoms with Crippen LogP contribution in [0, 0.1) is 5.82 Å². The number of rotatable bonds is 7. The summed E-state index contributed by atoms with van der Waals surface area (Å²) in [5.41, 5.74) is 1.59. The van der Waals surface area contributed by atoms with E-state index in [9.17, 15) is 9.18 Å². The lowest BCUT2D eigenvalue weighted by Gasteiger charge is -2.07. The van der Waals surface area contributed by atoms with Crippen LogP contribution in [0.1, 0.15) is 12.5 Å². The van der Waals surface area contributed by atoms with Gasteiger partial charge in [-0.1, -0.05) is 30.0 Å². The number of halogens is 1. The predicted molar refractivity (Wildman–Crippen MR) is 115 cm³/mol. The molecular weight excluding hydrogens is 409 g/mol. The molecule has 0 aliphatic rings. The van der Waals surface area contributed by atoms with Crippen LogP contribution in [0.25, 0.3) is 20.3 Å². The van der Waals surface area contributed by atoms with E-state index in [-0.39, 0.29) is 17.5 Å². The molecule has 0 aliphatic heterocycles. The van der Waals surface area contributed by atoms with Crippen molar-refractivity contribution >= 4 is 49.3 Å². The Hall–Kier alpha value is -2.71. The molecule has 4 aromatic rings. The van der Waals surface area contributed by atoms with Gasteiger partial charge in [0.15, 0.2) is 0 Å². The third kappa shape index (κ3) is 4.33. The lowest BCUT2D eigenvalue weighted by atomic mass is 10.2. The fourth-order valence-corrected chi connectivity index (χ4v) is 4.99. The summed E-state index contributed by atoms with van der Waals surface area (Å²) in [5, 5.41) is 4.10. The number of hydrogen-bond acceptors (Lipinski definition) is 6. The van der Waals surface area contributed by atoms with Crippen LogP contribution < -0.4 is 10.1 Å². The topological polar surface area (TPSA) is 64.1 Å². The highest BCUT2D eigenvalue weighted by molar-refractivity contribution is 8.00. The van der Waals surface area contributed by atoms with Crippen molar-refractivity contribution in [1.82, 2.24) is 15.3 Å². The third-order valence-electron chi connectivity index (χ3n) is 4.26. The summed E-state index contributed by atoms with van der Waals surface area (Å²) in [5.74, 6) is 0.643. The number of fused-ring (bicyclic) bond motifs is 3. The van der Waals surface area contributed by atoms with Gasteiger partial charge in [0.2, 0.25) is 5.91 Å². The number of nitrogens with zero attached hydrogens (tertiary/aromatic N) is 2. The zero-order valence-corrected chi connectivity index (χ0v) is 17.3. The Morgan fingerprint density at radius 3 is 2.83 bits per heavy atom. The summed E-state index contributed by atoms with van der Waals surface area (Å²) in [6.07, 6.45) is 1.42. The van der Waals surface area contributed by atoms with E-state index in [4.69, 9.17) is 4.74 Å². The first-order valence-corrected chi connectivity index (χ1v) is 10.9. The summed E-state index contributed by atoms with van der Waals surface area (Å²) in [7, 11) is 0. The molecule has 0 aliphatic carbocycles. The zero-order valence-electron chi connectivity index (χ0n) is 15.6. The molecule has 0 saturated carbocycles. The van der Waals surface area contributed by atoms with E-state index in [0.29, 0.717) is 29.1 Å². The second-order valence-electron chi connectivity index (χ2n) is 6.21. The maximum absolute atomic E-state index is 14.2. The molecule has 0 unspecified atom stereocenters. The van der Waals surface area contributed by atoms with Crippen molar-refractivity contribution in [3.8, 4) is 5.75 Å². The molecule has 0 spiro atoms. The number of ether oxygens (including phenoxy) is 1. The highest BCUT2D eigenvalue weighted by atomic mass is 32.2. The standard InChI is InChI=1S/C21H18FN3O2S2/c1-2-27-14-8-6-13(7-9-14)10-23-17(26)11-28-21-20-19(24-12-25-21)18-15(22)4-3-5-16(18)29-20/h3-9,12H,2,10-11H2,1H3,(H,23,26). The second-order valence-corrected chi connectivity index (χ2v) is 8.23. The summed E-state index contributed by atoms with van der Waals surface area (Å²) >= 11 is 2.77. The summed E-state index contributed by atoms with van der Waals surface area (Å²) in [4.78, 5) is 20.8. The van der Waals surface area contributed by atoms with Gasteiger partial charge in [0, 0.05) is 11.2 Å². The quantitative estimate of drug-likeness (QED) is 0.339. The van der Waals surface area contributed by atoms with Crippen molar-refractivity contribution in [2.45, 2.75) is 18.5 Å². The van der Waals surface area contributed by atoms with Crippen molar-refractivity contribution in [1.29, 1.82) is 0 Å². The predicted octanol–water partition coefficient (Wildman–Crippen LogP) is 4.79. The maximum atomic E-state index is 14.2. The van der Waals surface area contributed by atoms with Gasteiger partial charge in [-0.05, 0) is 36.8 Å². The van der Waals surface area contributed by atoms with Crippen LogP contribution in [0.3, 0.4) is 0 Å². The van der Waals surface area contributed by atoms with Crippen molar-refractivity contribution in [3.05, 3.63) is 60.2 Å².